The van der Waals surface area contributed by atoms with E-state index in [0.717, 1.165) is 58.0 Å². The molecule has 0 N–H and O–H groups in total. The molecule has 2 fully saturated rings. The number of hydrogen-bond acceptors (Lipinski definition) is 5. The lowest BCUT2D eigenvalue weighted by Gasteiger charge is -2.46. The van der Waals surface area contributed by atoms with Gasteiger partial charge >= 0.3 is 0 Å². The zero-order valence-corrected chi connectivity index (χ0v) is 19.1. The van der Waals surface area contributed by atoms with Gasteiger partial charge in [-0.25, -0.2) is 4.39 Å². The Bertz CT molecular complexity index is 846. The number of fused-ring (bicyclic) bond motifs is 2. The molecular weight excluding hydrogens is 413 g/mol. The lowest BCUT2D eigenvalue weighted by atomic mass is 9.99. The number of hydrogen-bond donors (Lipinski definition) is 0. The first kappa shape index (κ1) is 20.7. The second-order valence-corrected chi connectivity index (χ2v) is 11.5. The summed E-state index contributed by atoms with van der Waals surface area (Å²) in [6.45, 7) is 8.70. The van der Waals surface area contributed by atoms with Gasteiger partial charge in [0, 0.05) is 58.0 Å². The van der Waals surface area contributed by atoms with Crippen LogP contribution in [0.15, 0.2) is 48.5 Å². The highest BCUT2D eigenvalue weighted by molar-refractivity contribution is 8.18. The number of halogens is 1. The summed E-state index contributed by atoms with van der Waals surface area (Å²) in [7, 11) is 0. The van der Waals surface area contributed by atoms with E-state index >= 15 is 0 Å². The maximum atomic E-state index is 13.2. The van der Waals surface area contributed by atoms with Gasteiger partial charge in [-0.15, -0.1) is 23.5 Å². The molecule has 30 heavy (non-hydrogen) atoms. The largest absolute Gasteiger partial charge is 0.369 e. The SMILES string of the molecule is Fc1ccc(N2CCN(CCN3Cc4ccccc4C4(C3)SCCCS4)CC2)cc1. The Kier molecular flexibility index (Phi) is 6.28. The average molecular weight is 444 g/mol. The van der Waals surface area contributed by atoms with Gasteiger partial charge in [-0.2, -0.15) is 0 Å². The first-order chi connectivity index (χ1) is 14.7. The highest BCUT2D eigenvalue weighted by Gasteiger charge is 2.41. The molecule has 0 radical (unpaired) electrons. The lowest BCUT2D eigenvalue weighted by molar-refractivity contribution is 0.182. The van der Waals surface area contributed by atoms with E-state index in [1.165, 1.54) is 23.5 Å². The molecule has 2 aromatic rings. The Morgan fingerprint density at radius 2 is 1.53 bits per heavy atom. The zero-order chi connectivity index (χ0) is 20.4. The maximum Gasteiger partial charge on any atom is 0.123 e. The molecule has 1 spiro atoms. The summed E-state index contributed by atoms with van der Waals surface area (Å²) in [5.41, 5.74) is 4.23. The number of anilines is 1. The molecule has 3 heterocycles. The molecule has 0 bridgehead atoms. The van der Waals surface area contributed by atoms with Crippen LogP contribution in [-0.2, 0) is 10.6 Å². The zero-order valence-electron chi connectivity index (χ0n) is 17.4. The van der Waals surface area contributed by atoms with E-state index in [-0.39, 0.29) is 9.90 Å². The van der Waals surface area contributed by atoms with Crippen molar-refractivity contribution in [3.8, 4) is 0 Å². The molecule has 0 aromatic heterocycles. The lowest BCUT2D eigenvalue weighted by Crippen LogP contribution is -2.50. The molecule has 6 heteroatoms. The molecule has 0 aliphatic carbocycles. The van der Waals surface area contributed by atoms with Crippen LogP contribution in [0.1, 0.15) is 17.5 Å². The fourth-order valence-corrected chi connectivity index (χ4v) is 8.36. The first-order valence-corrected chi connectivity index (χ1v) is 13.0. The Morgan fingerprint density at radius 3 is 2.30 bits per heavy atom. The van der Waals surface area contributed by atoms with Crippen molar-refractivity contribution in [2.24, 2.45) is 0 Å². The molecule has 0 atom stereocenters. The van der Waals surface area contributed by atoms with Crippen LogP contribution in [-0.4, -0.2) is 67.1 Å². The van der Waals surface area contributed by atoms with Crippen LogP contribution in [0.25, 0.3) is 0 Å². The fraction of sp³-hybridized carbons (Fsp3) is 0.500. The van der Waals surface area contributed by atoms with Gasteiger partial charge in [0.05, 0.1) is 4.08 Å². The van der Waals surface area contributed by atoms with Crippen LogP contribution in [0.3, 0.4) is 0 Å². The first-order valence-electron chi connectivity index (χ1n) is 11.0. The topological polar surface area (TPSA) is 9.72 Å². The standard InChI is InChI=1S/C24H30FN3S2/c25-21-6-8-22(9-7-21)28-14-12-26(13-15-28)10-11-27-18-20-4-1-2-5-23(20)24(19-27)29-16-3-17-30-24/h1-2,4-9H,3,10-19H2. The average Bonchev–Trinajstić information content (AvgIpc) is 2.79. The smallest absolute Gasteiger partial charge is 0.123 e. The van der Waals surface area contributed by atoms with Crippen molar-refractivity contribution in [3.05, 3.63) is 65.5 Å². The molecule has 2 saturated heterocycles. The number of piperazine rings is 1. The third-order valence-electron chi connectivity index (χ3n) is 6.51. The Morgan fingerprint density at radius 1 is 0.833 bits per heavy atom. The van der Waals surface area contributed by atoms with Crippen molar-refractivity contribution >= 4 is 29.2 Å². The predicted molar refractivity (Wildman–Crippen MR) is 128 cm³/mol. The van der Waals surface area contributed by atoms with Crippen LogP contribution in [0.5, 0.6) is 0 Å². The van der Waals surface area contributed by atoms with Crippen LogP contribution < -0.4 is 4.90 Å². The summed E-state index contributed by atoms with van der Waals surface area (Å²) < 4.78 is 13.4. The summed E-state index contributed by atoms with van der Waals surface area (Å²) in [6.07, 6.45) is 1.33. The second-order valence-electron chi connectivity index (χ2n) is 8.48. The highest BCUT2D eigenvalue weighted by atomic mass is 32.2. The van der Waals surface area contributed by atoms with E-state index in [1.54, 1.807) is 17.7 Å². The number of benzene rings is 2. The van der Waals surface area contributed by atoms with Gasteiger partial charge in [-0.05, 0) is 53.3 Å². The maximum absolute atomic E-state index is 13.2. The van der Waals surface area contributed by atoms with Crippen molar-refractivity contribution in [2.75, 3.05) is 62.2 Å². The highest BCUT2D eigenvalue weighted by Crippen LogP contribution is 2.53. The van der Waals surface area contributed by atoms with Crippen molar-refractivity contribution in [3.63, 3.8) is 0 Å². The van der Waals surface area contributed by atoms with Crippen LogP contribution in [0.4, 0.5) is 10.1 Å². The van der Waals surface area contributed by atoms with E-state index in [9.17, 15) is 4.39 Å². The van der Waals surface area contributed by atoms with Gasteiger partial charge in [-0.1, -0.05) is 24.3 Å². The normalized spacial score (nSPS) is 22.2. The fourth-order valence-electron chi connectivity index (χ4n) is 4.85. The van der Waals surface area contributed by atoms with Gasteiger partial charge in [0.1, 0.15) is 5.82 Å². The molecule has 0 saturated carbocycles. The molecule has 160 valence electrons. The third-order valence-corrected chi connectivity index (χ3v) is 9.83. The van der Waals surface area contributed by atoms with E-state index in [4.69, 9.17) is 0 Å². The van der Waals surface area contributed by atoms with Crippen molar-refractivity contribution in [1.29, 1.82) is 0 Å². The minimum atomic E-state index is -0.160. The van der Waals surface area contributed by atoms with Crippen LogP contribution in [0, 0.1) is 5.82 Å². The third kappa shape index (κ3) is 4.38. The Hall–Kier alpha value is -1.21. The molecule has 0 unspecified atom stereocenters. The summed E-state index contributed by atoms with van der Waals surface area (Å²) >= 11 is 4.34. The van der Waals surface area contributed by atoms with Crippen molar-refractivity contribution < 1.29 is 4.39 Å². The van der Waals surface area contributed by atoms with Gasteiger partial charge in [0.25, 0.3) is 0 Å². The van der Waals surface area contributed by atoms with E-state index in [0.29, 0.717) is 0 Å². The summed E-state index contributed by atoms with van der Waals surface area (Å²) in [5, 5.41) is 0. The quantitative estimate of drug-likeness (QED) is 0.687. The monoisotopic (exact) mass is 443 g/mol. The molecule has 2 aromatic carbocycles. The van der Waals surface area contributed by atoms with E-state index in [1.807, 2.05) is 12.1 Å². The molecule has 3 aliphatic heterocycles. The number of thioether (sulfide) groups is 2. The predicted octanol–water partition coefficient (Wildman–Crippen LogP) is 4.49. The molecule has 3 aliphatic rings. The Balaban J connectivity index is 1.18. The Labute approximate surface area is 188 Å². The van der Waals surface area contributed by atoms with E-state index in [2.05, 4.69) is 62.5 Å². The summed E-state index contributed by atoms with van der Waals surface area (Å²) in [6, 6.07) is 16.0. The van der Waals surface area contributed by atoms with Crippen LogP contribution in [0.2, 0.25) is 0 Å². The minimum absolute atomic E-state index is 0.160. The molecule has 0 amide bonds. The van der Waals surface area contributed by atoms with Gasteiger partial charge in [-0.3, -0.25) is 9.80 Å². The van der Waals surface area contributed by atoms with Gasteiger partial charge in [0.15, 0.2) is 0 Å². The summed E-state index contributed by atoms with van der Waals surface area (Å²) in [4.78, 5) is 7.64. The minimum Gasteiger partial charge on any atom is -0.369 e. The second kappa shape index (κ2) is 9.11. The van der Waals surface area contributed by atoms with Crippen LogP contribution >= 0.6 is 23.5 Å². The van der Waals surface area contributed by atoms with E-state index < -0.39 is 0 Å². The van der Waals surface area contributed by atoms with Crippen molar-refractivity contribution in [2.45, 2.75) is 17.0 Å². The molecule has 3 nitrogen and oxygen atoms in total. The number of rotatable bonds is 4. The van der Waals surface area contributed by atoms with Crippen molar-refractivity contribution in [1.82, 2.24) is 9.80 Å². The van der Waals surface area contributed by atoms with Gasteiger partial charge in [0.2, 0.25) is 0 Å². The number of nitrogens with zero attached hydrogens (tertiary/aromatic N) is 3. The van der Waals surface area contributed by atoms with Gasteiger partial charge < -0.3 is 4.90 Å². The summed E-state index contributed by atoms with van der Waals surface area (Å²) in [5.74, 6) is 2.40. The molecular formula is C24H30FN3S2. The molecule has 5 rings (SSSR count).